The molecule has 0 aromatic rings. The van der Waals surface area contributed by atoms with Crippen molar-refractivity contribution in [3.05, 3.63) is 12.3 Å². The van der Waals surface area contributed by atoms with E-state index in [0.29, 0.717) is 0 Å². The lowest BCUT2D eigenvalue weighted by Gasteiger charge is -2.25. The van der Waals surface area contributed by atoms with Crippen molar-refractivity contribution in [3.8, 4) is 0 Å². The average molecular weight is 145 g/mol. The highest BCUT2D eigenvalue weighted by molar-refractivity contribution is 5.69. The van der Waals surface area contributed by atoms with Gasteiger partial charge in [-0.1, -0.05) is 6.58 Å². The van der Waals surface area contributed by atoms with Crippen molar-refractivity contribution in [2.45, 2.75) is 6.17 Å². The van der Waals surface area contributed by atoms with E-state index in [-0.39, 0.29) is 12.3 Å². The summed E-state index contributed by atoms with van der Waals surface area (Å²) in [5.74, 6) is -0.0944. The molecule has 1 heterocycles. The van der Waals surface area contributed by atoms with Gasteiger partial charge in [0.1, 0.15) is 5.76 Å². The molecule has 0 aromatic carbocycles. The van der Waals surface area contributed by atoms with E-state index in [1.165, 1.54) is 11.9 Å². The number of carbonyl (C=O) groups excluding carboxylic acids is 1. The van der Waals surface area contributed by atoms with Crippen LogP contribution in [0.4, 0.5) is 9.18 Å². The molecule has 1 saturated heterocycles. The predicted octanol–water partition coefficient (Wildman–Crippen LogP) is 0.920. The summed E-state index contributed by atoms with van der Waals surface area (Å²) in [6, 6.07) is 0. The van der Waals surface area contributed by atoms with Crippen LogP contribution in [0.1, 0.15) is 0 Å². The van der Waals surface area contributed by atoms with E-state index in [2.05, 4.69) is 11.3 Å². The lowest BCUT2D eigenvalue weighted by molar-refractivity contribution is 0.0813. The molecule has 1 aliphatic rings. The standard InChI is InChI=1S/C6H8FNO2/c1-4-5(7)3-8(2)6(9)10-4/h5H,1,3H2,2H3. The van der Waals surface area contributed by atoms with Crippen LogP contribution in [0.15, 0.2) is 12.3 Å². The number of carbonyl (C=O) groups is 1. The van der Waals surface area contributed by atoms with E-state index in [1.54, 1.807) is 0 Å². The third-order valence-corrected chi connectivity index (χ3v) is 1.31. The second-order valence-corrected chi connectivity index (χ2v) is 2.18. The first-order valence-electron chi connectivity index (χ1n) is 2.87. The van der Waals surface area contributed by atoms with Crippen molar-refractivity contribution in [1.29, 1.82) is 0 Å². The molecule has 1 aliphatic heterocycles. The van der Waals surface area contributed by atoms with Crippen LogP contribution in [0, 0.1) is 0 Å². The Labute approximate surface area is 58.1 Å². The summed E-state index contributed by atoms with van der Waals surface area (Å²) in [7, 11) is 1.47. The van der Waals surface area contributed by atoms with E-state index in [9.17, 15) is 9.18 Å². The molecule has 0 N–H and O–H groups in total. The number of hydrogen-bond acceptors (Lipinski definition) is 2. The molecule has 0 bridgehead atoms. The van der Waals surface area contributed by atoms with Crippen molar-refractivity contribution < 1.29 is 13.9 Å². The second-order valence-electron chi connectivity index (χ2n) is 2.18. The van der Waals surface area contributed by atoms with Crippen molar-refractivity contribution in [1.82, 2.24) is 4.90 Å². The molecular formula is C6H8FNO2. The zero-order valence-corrected chi connectivity index (χ0v) is 5.63. The lowest BCUT2D eigenvalue weighted by atomic mass is 10.3. The summed E-state index contributed by atoms with van der Waals surface area (Å²) >= 11 is 0. The summed E-state index contributed by atoms with van der Waals surface area (Å²) in [6.45, 7) is 3.27. The van der Waals surface area contributed by atoms with Gasteiger partial charge in [0.2, 0.25) is 0 Å². The number of alkyl halides is 1. The fourth-order valence-corrected chi connectivity index (χ4v) is 0.671. The van der Waals surface area contributed by atoms with E-state index in [0.717, 1.165) is 0 Å². The third-order valence-electron chi connectivity index (χ3n) is 1.31. The smallest absolute Gasteiger partial charge is 0.412 e. The molecule has 3 nitrogen and oxygen atoms in total. The summed E-state index contributed by atoms with van der Waals surface area (Å²) in [4.78, 5) is 11.8. The molecule has 1 amide bonds. The van der Waals surface area contributed by atoms with Crippen LogP contribution in [0.5, 0.6) is 0 Å². The summed E-state index contributed by atoms with van der Waals surface area (Å²) < 4.78 is 17.0. The zero-order chi connectivity index (χ0) is 7.72. The van der Waals surface area contributed by atoms with Crippen molar-refractivity contribution in [2.24, 2.45) is 0 Å². The number of rotatable bonds is 0. The normalized spacial score (nSPS) is 26.6. The maximum absolute atomic E-state index is 12.6. The second kappa shape index (κ2) is 2.28. The summed E-state index contributed by atoms with van der Waals surface area (Å²) in [5, 5.41) is 0. The molecule has 56 valence electrons. The topological polar surface area (TPSA) is 29.5 Å². The van der Waals surface area contributed by atoms with Crippen molar-refractivity contribution >= 4 is 6.09 Å². The fraction of sp³-hybridized carbons (Fsp3) is 0.500. The highest BCUT2D eigenvalue weighted by Gasteiger charge is 2.27. The Morgan fingerprint density at radius 2 is 2.50 bits per heavy atom. The number of ether oxygens (including phenoxy) is 1. The number of halogens is 1. The monoisotopic (exact) mass is 145 g/mol. The van der Waals surface area contributed by atoms with Gasteiger partial charge in [-0.25, -0.2) is 9.18 Å². The Kier molecular flexibility index (Phi) is 1.61. The number of amides is 1. The van der Waals surface area contributed by atoms with Gasteiger partial charge in [0, 0.05) is 7.05 Å². The molecule has 0 aromatic heterocycles. The first kappa shape index (κ1) is 7.05. The third kappa shape index (κ3) is 1.10. The Bertz CT molecular complexity index is 163. The minimum absolute atomic E-state index is 0.0394. The Balaban J connectivity index is 2.63. The molecule has 1 atom stereocenters. The number of cyclic esters (lactones) is 1. The Hall–Kier alpha value is -1.06. The van der Waals surface area contributed by atoms with Crippen LogP contribution in [-0.2, 0) is 4.74 Å². The molecule has 0 spiro atoms. The van der Waals surface area contributed by atoms with Gasteiger partial charge in [0.25, 0.3) is 0 Å². The van der Waals surface area contributed by atoms with Crippen LogP contribution in [0.3, 0.4) is 0 Å². The number of nitrogens with zero attached hydrogens (tertiary/aromatic N) is 1. The van der Waals surface area contributed by atoms with Crippen LogP contribution in [0.25, 0.3) is 0 Å². The molecule has 0 saturated carbocycles. The fourth-order valence-electron chi connectivity index (χ4n) is 0.671. The highest BCUT2D eigenvalue weighted by Crippen LogP contribution is 2.14. The lowest BCUT2D eigenvalue weighted by Crippen LogP contribution is -2.39. The molecule has 1 unspecified atom stereocenters. The van der Waals surface area contributed by atoms with Gasteiger partial charge in [-0.3, -0.25) is 0 Å². The molecule has 1 rings (SSSR count). The Morgan fingerprint density at radius 3 is 3.00 bits per heavy atom. The van der Waals surface area contributed by atoms with Crippen molar-refractivity contribution in [2.75, 3.05) is 13.6 Å². The van der Waals surface area contributed by atoms with E-state index < -0.39 is 12.3 Å². The minimum atomic E-state index is -1.25. The van der Waals surface area contributed by atoms with E-state index in [4.69, 9.17) is 0 Å². The van der Waals surface area contributed by atoms with Gasteiger partial charge in [0.15, 0.2) is 6.17 Å². The Morgan fingerprint density at radius 1 is 1.90 bits per heavy atom. The summed E-state index contributed by atoms with van der Waals surface area (Å²) in [6.07, 6.45) is -1.79. The van der Waals surface area contributed by atoms with Gasteiger partial charge >= 0.3 is 6.09 Å². The first-order valence-corrected chi connectivity index (χ1v) is 2.87. The molecule has 10 heavy (non-hydrogen) atoms. The van der Waals surface area contributed by atoms with E-state index >= 15 is 0 Å². The van der Waals surface area contributed by atoms with Crippen molar-refractivity contribution in [3.63, 3.8) is 0 Å². The van der Waals surface area contributed by atoms with Crippen LogP contribution in [-0.4, -0.2) is 30.8 Å². The van der Waals surface area contributed by atoms with Crippen LogP contribution >= 0.6 is 0 Å². The molecular weight excluding hydrogens is 137 g/mol. The molecule has 0 radical (unpaired) electrons. The molecule has 0 aliphatic carbocycles. The quantitative estimate of drug-likeness (QED) is 0.507. The van der Waals surface area contributed by atoms with Gasteiger partial charge in [0.05, 0.1) is 6.54 Å². The van der Waals surface area contributed by atoms with Gasteiger partial charge < -0.3 is 9.64 Å². The van der Waals surface area contributed by atoms with Gasteiger partial charge in [-0.15, -0.1) is 0 Å². The molecule has 4 heteroatoms. The van der Waals surface area contributed by atoms with Gasteiger partial charge in [-0.2, -0.15) is 0 Å². The largest absolute Gasteiger partial charge is 0.414 e. The van der Waals surface area contributed by atoms with Crippen LogP contribution in [0.2, 0.25) is 0 Å². The zero-order valence-electron chi connectivity index (χ0n) is 5.63. The maximum atomic E-state index is 12.6. The highest BCUT2D eigenvalue weighted by atomic mass is 19.1. The minimum Gasteiger partial charge on any atom is -0.412 e. The van der Waals surface area contributed by atoms with Gasteiger partial charge in [-0.05, 0) is 0 Å². The van der Waals surface area contributed by atoms with Crippen LogP contribution < -0.4 is 0 Å². The average Bonchev–Trinajstić information content (AvgIpc) is 1.84. The van der Waals surface area contributed by atoms with E-state index in [1.807, 2.05) is 0 Å². The predicted molar refractivity (Wildman–Crippen MR) is 33.1 cm³/mol. The maximum Gasteiger partial charge on any atom is 0.414 e. The SMILES string of the molecule is C=C1OC(=O)N(C)CC1F. The molecule has 1 fully saturated rings. The first-order chi connectivity index (χ1) is 4.61. The number of hydrogen-bond donors (Lipinski definition) is 0. The summed E-state index contributed by atoms with van der Waals surface area (Å²) in [5.41, 5.74) is 0.